The molecule has 0 bridgehead atoms. The predicted molar refractivity (Wildman–Crippen MR) is 184 cm³/mol. The quantitative estimate of drug-likeness (QED) is 0.215. The molecule has 2 aromatic rings. The number of amides is 1. The van der Waals surface area contributed by atoms with E-state index in [0.29, 0.717) is 47.9 Å². The number of nitrogens with two attached hydrogens (primary N) is 1. The number of halogens is 4. The molecular formula is C32H44BrF3N6O8S. The number of likely N-dealkylation sites (tertiary alicyclic amines) is 1. The number of hydrazine groups is 1. The van der Waals surface area contributed by atoms with Crippen LogP contribution in [0.3, 0.4) is 0 Å². The lowest BCUT2D eigenvalue weighted by Gasteiger charge is -2.37. The van der Waals surface area contributed by atoms with Crippen molar-refractivity contribution in [2.45, 2.75) is 82.5 Å². The molecule has 0 radical (unpaired) electrons. The summed E-state index contributed by atoms with van der Waals surface area (Å²) in [6.07, 6.45) is -2.07. The highest BCUT2D eigenvalue weighted by atomic mass is 79.9. The molecule has 51 heavy (non-hydrogen) atoms. The normalized spacial score (nSPS) is 19.9. The Morgan fingerprint density at radius 1 is 1.16 bits per heavy atom. The molecule has 0 saturated carbocycles. The number of hydrogen-bond acceptors (Lipinski definition) is 12. The van der Waals surface area contributed by atoms with E-state index < -0.39 is 48.3 Å². The molecule has 5 atom stereocenters. The summed E-state index contributed by atoms with van der Waals surface area (Å²) in [6.45, 7) is 5.82. The number of rotatable bonds is 13. The topological polar surface area (TPSA) is 188 Å². The van der Waals surface area contributed by atoms with Crippen molar-refractivity contribution in [1.29, 1.82) is 0 Å². The highest BCUT2D eigenvalue weighted by molar-refractivity contribution is 9.10. The number of carbonyl (C=O) groups is 4. The maximum Gasteiger partial charge on any atom is 0.490 e. The van der Waals surface area contributed by atoms with E-state index >= 15 is 0 Å². The summed E-state index contributed by atoms with van der Waals surface area (Å²) in [5.41, 5.74) is 10.6. The van der Waals surface area contributed by atoms with E-state index in [4.69, 9.17) is 25.1 Å². The number of aliphatic carboxylic acids is 2. The van der Waals surface area contributed by atoms with Crippen molar-refractivity contribution in [3.63, 3.8) is 0 Å². The van der Waals surface area contributed by atoms with Crippen LogP contribution in [-0.2, 0) is 30.5 Å². The number of nitrogens with one attached hydrogen (secondary N) is 1. The van der Waals surface area contributed by atoms with E-state index in [9.17, 15) is 32.7 Å². The Balaban J connectivity index is 0.000000908. The van der Waals surface area contributed by atoms with E-state index in [2.05, 4.69) is 31.2 Å². The number of aromatic nitrogens is 1. The number of nitrogens with zero attached hydrogens (tertiary/aromatic N) is 4. The van der Waals surface area contributed by atoms with Gasteiger partial charge < -0.3 is 25.4 Å². The zero-order chi connectivity index (χ0) is 38.0. The second-order valence-electron chi connectivity index (χ2n) is 12.5. The molecule has 2 saturated heterocycles. The Morgan fingerprint density at radius 3 is 2.37 bits per heavy atom. The highest BCUT2D eigenvalue weighted by Gasteiger charge is 2.40. The first kappa shape index (κ1) is 42.1. The van der Waals surface area contributed by atoms with Crippen LogP contribution in [0.4, 0.5) is 13.2 Å². The summed E-state index contributed by atoms with van der Waals surface area (Å²) in [5.74, 6) is -3.65. The average molecular weight is 810 g/mol. The lowest BCUT2D eigenvalue weighted by atomic mass is 10.0. The standard InChI is InChI=1S/C30H43BrN6O6S.C2HF3O2/c1-18(2)25(29(39)40)36-13-7-10-20(36)16-43-22-12-6-5-9-19(22)15-35(3)26(27-33-23(31)17-44-27)24(32)28(38)37-14-8-11-21(34-37)30(41)42-4;3-2(4,5)1(6)7/h5-6,9,12,17-18,20-21,24-26,34H,7-8,10-11,13-16,32H2,1-4H3,(H,39,40);(H,6,7)/t20-,21+,24+,25+,26+;/m1./s1. The van der Waals surface area contributed by atoms with Gasteiger partial charge in [0, 0.05) is 30.1 Å². The van der Waals surface area contributed by atoms with Crippen LogP contribution in [0.5, 0.6) is 5.75 Å². The van der Waals surface area contributed by atoms with Crippen molar-refractivity contribution in [2.75, 3.05) is 33.9 Å². The number of carboxylic acid groups (broad SMARTS) is 2. The number of carboxylic acids is 2. The maximum atomic E-state index is 13.7. The number of para-hydroxylation sites is 1. The second kappa shape index (κ2) is 18.9. The summed E-state index contributed by atoms with van der Waals surface area (Å²) in [7, 11) is 3.22. The van der Waals surface area contributed by atoms with Crippen molar-refractivity contribution in [3.05, 3.63) is 44.8 Å². The minimum Gasteiger partial charge on any atom is -0.492 e. The van der Waals surface area contributed by atoms with Crippen LogP contribution in [0.2, 0.25) is 0 Å². The van der Waals surface area contributed by atoms with Crippen LogP contribution in [-0.4, -0.2) is 118 Å². The highest BCUT2D eigenvalue weighted by Crippen LogP contribution is 2.32. The second-order valence-corrected chi connectivity index (χ2v) is 14.2. The van der Waals surface area contributed by atoms with Crippen LogP contribution in [0, 0.1) is 5.92 Å². The minimum absolute atomic E-state index is 0.00149. The molecule has 2 fully saturated rings. The summed E-state index contributed by atoms with van der Waals surface area (Å²) < 4.78 is 43.6. The minimum atomic E-state index is -5.08. The van der Waals surface area contributed by atoms with Crippen molar-refractivity contribution >= 4 is 51.1 Å². The first-order valence-corrected chi connectivity index (χ1v) is 17.8. The van der Waals surface area contributed by atoms with Crippen molar-refractivity contribution < 1.29 is 52.0 Å². The van der Waals surface area contributed by atoms with E-state index in [-0.39, 0.29) is 17.9 Å². The molecule has 14 nitrogen and oxygen atoms in total. The van der Waals surface area contributed by atoms with Gasteiger partial charge in [0.25, 0.3) is 5.91 Å². The molecular weight excluding hydrogens is 765 g/mol. The van der Waals surface area contributed by atoms with E-state index in [1.165, 1.54) is 23.5 Å². The van der Waals surface area contributed by atoms with Crippen LogP contribution < -0.4 is 15.9 Å². The van der Waals surface area contributed by atoms with Gasteiger partial charge in [0.1, 0.15) is 40.1 Å². The number of esters is 1. The molecule has 0 unspecified atom stereocenters. The number of methoxy groups -OCH3 is 1. The Kier molecular flexibility index (Phi) is 15.6. The van der Waals surface area contributed by atoms with E-state index in [1.807, 2.05) is 55.4 Å². The molecule has 284 valence electrons. The van der Waals surface area contributed by atoms with Gasteiger partial charge in [-0.2, -0.15) is 13.2 Å². The summed E-state index contributed by atoms with van der Waals surface area (Å²) in [6, 6.07) is 5.01. The van der Waals surface area contributed by atoms with Gasteiger partial charge in [-0.15, -0.1) is 11.3 Å². The third-order valence-electron chi connectivity index (χ3n) is 8.52. The largest absolute Gasteiger partial charge is 0.492 e. The zero-order valence-electron chi connectivity index (χ0n) is 28.6. The number of benzene rings is 1. The van der Waals surface area contributed by atoms with Gasteiger partial charge in [0.2, 0.25) is 0 Å². The average Bonchev–Trinajstić information content (AvgIpc) is 3.71. The number of alkyl halides is 3. The van der Waals surface area contributed by atoms with Gasteiger partial charge in [-0.3, -0.25) is 29.2 Å². The van der Waals surface area contributed by atoms with Gasteiger partial charge in [0.15, 0.2) is 0 Å². The fourth-order valence-electron chi connectivity index (χ4n) is 6.13. The lowest BCUT2D eigenvalue weighted by Crippen LogP contribution is -2.60. The zero-order valence-corrected chi connectivity index (χ0v) is 31.0. The van der Waals surface area contributed by atoms with Crippen molar-refractivity contribution in [1.82, 2.24) is 25.2 Å². The Labute approximate surface area is 306 Å². The summed E-state index contributed by atoms with van der Waals surface area (Å²) in [5, 5.41) is 20.9. The van der Waals surface area contributed by atoms with Gasteiger partial charge in [-0.25, -0.2) is 15.2 Å². The number of ether oxygens (including phenoxy) is 2. The summed E-state index contributed by atoms with van der Waals surface area (Å²) >= 11 is 4.84. The van der Waals surface area contributed by atoms with E-state index in [0.717, 1.165) is 24.9 Å². The molecule has 2 aliphatic rings. The number of carbonyl (C=O) groups excluding carboxylic acids is 2. The Hall–Kier alpha value is -3.36. The van der Waals surface area contributed by atoms with Crippen LogP contribution >= 0.6 is 27.3 Å². The third kappa shape index (κ3) is 11.6. The molecule has 3 heterocycles. The molecule has 0 aliphatic carbocycles. The van der Waals surface area contributed by atoms with E-state index in [1.54, 1.807) is 0 Å². The van der Waals surface area contributed by atoms with Crippen LogP contribution in [0.1, 0.15) is 56.1 Å². The monoisotopic (exact) mass is 808 g/mol. The smallest absolute Gasteiger partial charge is 0.490 e. The molecule has 2 aliphatic heterocycles. The fraction of sp³-hybridized carbons (Fsp3) is 0.594. The van der Waals surface area contributed by atoms with Crippen molar-refractivity contribution in [2.24, 2.45) is 11.7 Å². The molecule has 4 rings (SSSR count). The molecule has 5 N–H and O–H groups in total. The molecule has 1 aromatic carbocycles. The fourth-order valence-corrected chi connectivity index (χ4v) is 7.61. The maximum absolute atomic E-state index is 13.7. The summed E-state index contributed by atoms with van der Waals surface area (Å²) in [4.78, 5) is 55.4. The number of thiazole rings is 1. The van der Waals surface area contributed by atoms with Crippen LogP contribution in [0.15, 0.2) is 34.2 Å². The van der Waals surface area contributed by atoms with Gasteiger partial charge in [0.05, 0.1) is 13.2 Å². The molecule has 1 amide bonds. The number of hydrogen-bond donors (Lipinski definition) is 4. The lowest BCUT2D eigenvalue weighted by molar-refractivity contribution is -0.192. The Morgan fingerprint density at radius 2 is 1.80 bits per heavy atom. The molecule has 19 heteroatoms. The molecule has 1 aromatic heterocycles. The Bertz CT molecular complexity index is 1500. The van der Waals surface area contributed by atoms with Crippen LogP contribution in [0.25, 0.3) is 0 Å². The number of likely N-dealkylation sites (N-methyl/N-ethyl adjacent to an activating group) is 1. The van der Waals surface area contributed by atoms with Crippen molar-refractivity contribution in [3.8, 4) is 5.75 Å². The predicted octanol–water partition coefficient (Wildman–Crippen LogP) is 3.66. The molecule has 0 spiro atoms. The van der Waals surface area contributed by atoms with Gasteiger partial charge in [-0.05, 0) is 67.2 Å². The first-order chi connectivity index (χ1) is 24.0. The SMILES string of the molecule is COC(=O)[C@@H]1CCCN(C(=O)[C@@H](N)[C@@H](c2nc(Br)cs2)N(C)Cc2ccccc2OC[C@H]2CCCN2[C@H](C(=O)O)C(C)C)N1.O=C(O)C(F)(F)F. The van der Waals surface area contributed by atoms with Gasteiger partial charge >= 0.3 is 24.1 Å². The van der Waals surface area contributed by atoms with Gasteiger partial charge in [-0.1, -0.05) is 32.0 Å². The first-order valence-electron chi connectivity index (χ1n) is 16.2. The third-order valence-corrected chi connectivity index (χ3v) is 10.1.